The van der Waals surface area contributed by atoms with E-state index in [2.05, 4.69) is 16.8 Å². The van der Waals surface area contributed by atoms with Crippen molar-refractivity contribution >= 4 is 28.7 Å². The molecule has 3 aromatic rings. The van der Waals surface area contributed by atoms with Crippen LogP contribution in [0, 0.1) is 5.92 Å². The largest absolute Gasteiger partial charge is 0.491 e. The highest BCUT2D eigenvalue weighted by molar-refractivity contribution is 6.30. The molecule has 10 heteroatoms. The molecular formula is C22H28ClN5O4. The van der Waals surface area contributed by atoms with Gasteiger partial charge in [-0.15, -0.1) is 0 Å². The van der Waals surface area contributed by atoms with Crippen LogP contribution in [0.1, 0.15) is 19.8 Å². The first kappa shape index (κ1) is 22.4. The molecule has 1 saturated heterocycles. The van der Waals surface area contributed by atoms with Crippen molar-refractivity contribution in [3.05, 3.63) is 50.1 Å². The second kappa shape index (κ2) is 8.99. The molecule has 1 atom stereocenters. The molecule has 3 heterocycles. The summed E-state index contributed by atoms with van der Waals surface area (Å²) in [6.45, 7) is 3.96. The van der Waals surface area contributed by atoms with Gasteiger partial charge in [0, 0.05) is 32.2 Å². The molecule has 0 unspecified atom stereocenters. The van der Waals surface area contributed by atoms with Gasteiger partial charge in [0.1, 0.15) is 18.5 Å². The number of aliphatic hydroxyl groups is 1. The van der Waals surface area contributed by atoms with Gasteiger partial charge in [-0.05, 0) is 43.0 Å². The van der Waals surface area contributed by atoms with Gasteiger partial charge in [-0.3, -0.25) is 13.9 Å². The van der Waals surface area contributed by atoms with Crippen molar-refractivity contribution in [3.63, 3.8) is 0 Å². The molecule has 1 N–H and O–H groups in total. The number of fused-ring (bicyclic) bond motifs is 1. The van der Waals surface area contributed by atoms with E-state index in [-0.39, 0.29) is 13.2 Å². The van der Waals surface area contributed by atoms with Crippen molar-refractivity contribution in [1.29, 1.82) is 0 Å². The molecule has 0 saturated carbocycles. The molecule has 2 aromatic heterocycles. The zero-order valence-electron chi connectivity index (χ0n) is 18.5. The minimum absolute atomic E-state index is 0.0316. The van der Waals surface area contributed by atoms with Crippen LogP contribution < -0.4 is 20.9 Å². The smallest absolute Gasteiger partial charge is 0.332 e. The number of imidazole rings is 1. The number of ether oxygens (including phenoxy) is 1. The highest BCUT2D eigenvalue weighted by Gasteiger charge is 2.26. The zero-order chi connectivity index (χ0) is 23.0. The van der Waals surface area contributed by atoms with Crippen molar-refractivity contribution in [2.45, 2.75) is 32.4 Å². The van der Waals surface area contributed by atoms with Crippen LogP contribution in [0.2, 0.25) is 5.02 Å². The van der Waals surface area contributed by atoms with Crippen LogP contribution in [0.5, 0.6) is 5.75 Å². The first-order valence-electron chi connectivity index (χ1n) is 10.7. The molecule has 0 amide bonds. The summed E-state index contributed by atoms with van der Waals surface area (Å²) < 4.78 is 9.85. The van der Waals surface area contributed by atoms with E-state index in [0.717, 1.165) is 30.5 Å². The molecule has 0 aliphatic carbocycles. The van der Waals surface area contributed by atoms with Gasteiger partial charge in [-0.2, -0.15) is 4.98 Å². The summed E-state index contributed by atoms with van der Waals surface area (Å²) in [7, 11) is 3.05. The predicted molar refractivity (Wildman–Crippen MR) is 124 cm³/mol. The van der Waals surface area contributed by atoms with Gasteiger partial charge in [0.15, 0.2) is 11.2 Å². The Morgan fingerprint density at radius 2 is 1.81 bits per heavy atom. The van der Waals surface area contributed by atoms with Crippen molar-refractivity contribution in [2.24, 2.45) is 20.0 Å². The Hall–Kier alpha value is -2.78. The summed E-state index contributed by atoms with van der Waals surface area (Å²) in [6.07, 6.45) is 1.14. The molecule has 0 spiro atoms. The van der Waals surface area contributed by atoms with Crippen LogP contribution in [0.15, 0.2) is 33.9 Å². The van der Waals surface area contributed by atoms with Crippen molar-refractivity contribution in [3.8, 4) is 5.75 Å². The van der Waals surface area contributed by atoms with E-state index in [1.165, 1.54) is 11.6 Å². The van der Waals surface area contributed by atoms with Gasteiger partial charge in [-0.1, -0.05) is 18.5 Å². The Morgan fingerprint density at radius 3 is 2.47 bits per heavy atom. The fourth-order valence-electron chi connectivity index (χ4n) is 4.04. The van der Waals surface area contributed by atoms with E-state index in [1.54, 1.807) is 35.9 Å². The summed E-state index contributed by atoms with van der Waals surface area (Å²) in [4.78, 5) is 32.2. The van der Waals surface area contributed by atoms with E-state index in [1.807, 2.05) is 0 Å². The number of aromatic nitrogens is 4. The fraction of sp³-hybridized carbons (Fsp3) is 0.500. The first-order chi connectivity index (χ1) is 15.3. The summed E-state index contributed by atoms with van der Waals surface area (Å²) >= 11 is 5.90. The molecular weight excluding hydrogens is 434 g/mol. The van der Waals surface area contributed by atoms with Gasteiger partial charge in [0.25, 0.3) is 5.56 Å². The third-order valence-electron chi connectivity index (χ3n) is 6.04. The summed E-state index contributed by atoms with van der Waals surface area (Å²) in [6, 6.07) is 6.89. The molecule has 1 fully saturated rings. The van der Waals surface area contributed by atoms with Crippen LogP contribution in [-0.4, -0.2) is 49.6 Å². The molecule has 4 rings (SSSR count). The Kier molecular flexibility index (Phi) is 6.30. The molecule has 9 nitrogen and oxygen atoms in total. The lowest BCUT2D eigenvalue weighted by atomic mass is 10.00. The third kappa shape index (κ3) is 4.27. The van der Waals surface area contributed by atoms with Gasteiger partial charge < -0.3 is 19.3 Å². The Labute approximate surface area is 190 Å². The molecule has 1 aromatic carbocycles. The number of piperidine rings is 1. The molecule has 1 aliphatic heterocycles. The normalized spacial score (nSPS) is 16.0. The van der Waals surface area contributed by atoms with E-state index in [4.69, 9.17) is 16.3 Å². The number of nitrogens with zero attached hydrogens (tertiary/aromatic N) is 5. The van der Waals surface area contributed by atoms with Crippen LogP contribution in [0.4, 0.5) is 5.95 Å². The lowest BCUT2D eigenvalue weighted by molar-refractivity contribution is 0.0935. The first-order valence-corrected chi connectivity index (χ1v) is 11.1. The van der Waals surface area contributed by atoms with Gasteiger partial charge in [0.05, 0.1) is 6.54 Å². The monoisotopic (exact) mass is 461 g/mol. The zero-order valence-corrected chi connectivity index (χ0v) is 19.2. The SMILES string of the molecule is CC1CCN(c2nc3c(c(=O)n(C)c(=O)n3C)n2C[C@@H](O)COc2ccc(Cl)cc2)CC1. The van der Waals surface area contributed by atoms with E-state index in [9.17, 15) is 14.7 Å². The maximum Gasteiger partial charge on any atom is 0.332 e. The molecule has 172 valence electrons. The van der Waals surface area contributed by atoms with E-state index >= 15 is 0 Å². The average molecular weight is 462 g/mol. The number of halogens is 1. The summed E-state index contributed by atoms with van der Waals surface area (Å²) in [5, 5.41) is 11.4. The number of benzene rings is 1. The van der Waals surface area contributed by atoms with Crippen LogP contribution >= 0.6 is 11.6 Å². The second-order valence-corrected chi connectivity index (χ2v) is 8.93. The topological polar surface area (TPSA) is 94.5 Å². The third-order valence-corrected chi connectivity index (χ3v) is 6.30. The van der Waals surface area contributed by atoms with Gasteiger partial charge in [-0.25, -0.2) is 4.79 Å². The summed E-state index contributed by atoms with van der Waals surface area (Å²) in [5.41, 5.74) is -0.248. The van der Waals surface area contributed by atoms with Crippen LogP contribution in [0.3, 0.4) is 0 Å². The fourth-order valence-corrected chi connectivity index (χ4v) is 4.17. The van der Waals surface area contributed by atoms with Gasteiger partial charge >= 0.3 is 5.69 Å². The van der Waals surface area contributed by atoms with Crippen LogP contribution in [0.25, 0.3) is 11.2 Å². The minimum atomic E-state index is -0.896. The molecule has 1 aliphatic rings. The quantitative estimate of drug-likeness (QED) is 0.601. The average Bonchev–Trinajstić information content (AvgIpc) is 3.15. The number of hydrogen-bond acceptors (Lipinski definition) is 6. The Morgan fingerprint density at radius 1 is 1.16 bits per heavy atom. The Bertz CT molecular complexity index is 1220. The lowest BCUT2D eigenvalue weighted by Gasteiger charge is -2.31. The maximum atomic E-state index is 13.0. The second-order valence-electron chi connectivity index (χ2n) is 8.49. The lowest BCUT2D eigenvalue weighted by Crippen LogP contribution is -2.38. The Balaban J connectivity index is 1.69. The van der Waals surface area contributed by atoms with Crippen molar-refractivity contribution in [1.82, 2.24) is 18.7 Å². The minimum Gasteiger partial charge on any atom is -0.491 e. The number of aryl methyl sites for hydroxylation is 1. The number of aliphatic hydroxyl groups excluding tert-OH is 1. The van der Waals surface area contributed by atoms with Crippen LogP contribution in [-0.2, 0) is 20.6 Å². The van der Waals surface area contributed by atoms with Gasteiger partial charge in [0.2, 0.25) is 5.95 Å². The van der Waals surface area contributed by atoms with Crippen molar-refractivity contribution < 1.29 is 9.84 Å². The molecule has 0 bridgehead atoms. The molecule has 32 heavy (non-hydrogen) atoms. The standard InChI is InChI=1S/C22H28ClN5O4/c1-14-8-10-27(11-9-14)21-24-19-18(20(30)26(3)22(31)25(19)2)28(21)12-16(29)13-32-17-6-4-15(23)5-7-17/h4-7,14,16,29H,8-13H2,1-3H3/t16-/m1/s1. The number of anilines is 1. The highest BCUT2D eigenvalue weighted by Crippen LogP contribution is 2.25. The van der Waals surface area contributed by atoms with E-state index in [0.29, 0.717) is 33.8 Å². The highest BCUT2D eigenvalue weighted by atomic mass is 35.5. The summed E-state index contributed by atoms with van der Waals surface area (Å²) in [5.74, 6) is 1.81. The predicted octanol–water partition coefficient (Wildman–Crippen LogP) is 1.76. The molecule has 0 radical (unpaired) electrons. The number of hydrogen-bond donors (Lipinski definition) is 1. The van der Waals surface area contributed by atoms with E-state index < -0.39 is 17.4 Å². The van der Waals surface area contributed by atoms with Crippen molar-refractivity contribution in [2.75, 3.05) is 24.6 Å². The maximum absolute atomic E-state index is 13.0. The number of rotatable bonds is 6.